The molecule has 0 aliphatic heterocycles. The summed E-state index contributed by atoms with van der Waals surface area (Å²) in [5.41, 5.74) is 4.32. The van der Waals surface area contributed by atoms with Crippen molar-refractivity contribution in [2.24, 2.45) is 0 Å². The Morgan fingerprint density at radius 3 is 2.06 bits per heavy atom. The van der Waals surface area contributed by atoms with Gasteiger partial charge in [-0.05, 0) is 98.5 Å². The van der Waals surface area contributed by atoms with Crippen LogP contribution in [0, 0.1) is 11.3 Å². The number of pyridine rings is 1. The smallest absolute Gasteiger partial charge is 0.333 e. The molecule has 0 unspecified atom stereocenters. The molecular weight excluding hydrogens is 699 g/mol. The molecule has 266 valence electrons. The first-order valence-corrected chi connectivity index (χ1v) is 19.0. The maximum Gasteiger partial charge on any atom is 0.333 e. The molecule has 0 fully saturated rings. The van der Waals surface area contributed by atoms with Gasteiger partial charge in [0.15, 0.2) is 0 Å². The minimum atomic E-state index is -0.405. The van der Waals surface area contributed by atoms with Crippen molar-refractivity contribution >= 4 is 58.4 Å². The number of para-hydroxylation sites is 2. The molecule has 0 saturated heterocycles. The van der Waals surface area contributed by atoms with Gasteiger partial charge in [0.25, 0.3) is 5.56 Å². The Bertz CT molecular complexity index is 2400. The second-order valence-corrected chi connectivity index (χ2v) is 14.8. The number of thiophene rings is 2. The lowest BCUT2D eigenvalue weighted by atomic mass is 10.1. The molecule has 0 spiro atoms. The van der Waals surface area contributed by atoms with Gasteiger partial charge in [-0.25, -0.2) is 4.79 Å². The van der Waals surface area contributed by atoms with E-state index in [9.17, 15) is 20.0 Å². The molecule has 0 bridgehead atoms. The van der Waals surface area contributed by atoms with Crippen LogP contribution >= 0.6 is 22.7 Å². The zero-order valence-corrected chi connectivity index (χ0v) is 31.1. The average Bonchev–Trinajstić information content (AvgIpc) is 3.86. The van der Waals surface area contributed by atoms with Gasteiger partial charge >= 0.3 is 5.97 Å². The fourth-order valence-corrected chi connectivity index (χ4v) is 8.02. The van der Waals surface area contributed by atoms with E-state index < -0.39 is 11.5 Å². The van der Waals surface area contributed by atoms with Crippen molar-refractivity contribution in [1.82, 2.24) is 4.57 Å². The zero-order valence-electron chi connectivity index (χ0n) is 29.5. The van der Waals surface area contributed by atoms with Gasteiger partial charge in [0.2, 0.25) is 5.88 Å². The van der Waals surface area contributed by atoms with Crippen LogP contribution in [0.1, 0.15) is 43.0 Å². The number of carbonyl (C=O) groups is 1. The number of unbranched alkanes of at least 4 members (excludes halogenated alkanes) is 3. The standard InChI is InChI=1S/C44H39N3O4S2/c1-30(2)44(50)51-27-13-5-4-12-26-46-42(48)37(31(3)38(29-45)43(46)49)28-36-22-23-40(52-36)41-25-24-39(53-41)32-18-20-35(21-19-32)47(33-14-8-6-9-15-33)34-16-10-7-11-17-34/h6-11,14-25,28,49H,1,3-5,12-13,26-27H2,2H3/b37-28-. The molecule has 0 atom stereocenters. The normalized spacial score (nSPS) is 11.3. The molecule has 3 heterocycles. The van der Waals surface area contributed by atoms with Gasteiger partial charge in [-0.15, -0.1) is 22.7 Å². The molecule has 0 saturated carbocycles. The number of nitriles is 1. The van der Waals surface area contributed by atoms with Crippen LogP contribution in [0.25, 0.3) is 32.8 Å². The maximum absolute atomic E-state index is 13.6. The number of aromatic nitrogens is 1. The van der Waals surface area contributed by atoms with E-state index >= 15 is 0 Å². The number of anilines is 3. The molecule has 7 nitrogen and oxygen atoms in total. The molecule has 53 heavy (non-hydrogen) atoms. The van der Waals surface area contributed by atoms with E-state index in [-0.39, 0.29) is 28.4 Å². The van der Waals surface area contributed by atoms with Crippen LogP contribution in [-0.2, 0) is 16.1 Å². The van der Waals surface area contributed by atoms with Crippen molar-refractivity contribution in [3.8, 4) is 32.1 Å². The van der Waals surface area contributed by atoms with Gasteiger partial charge in [0.05, 0.1) is 6.61 Å². The van der Waals surface area contributed by atoms with Crippen molar-refractivity contribution in [3.63, 3.8) is 0 Å². The molecule has 9 heteroatoms. The fraction of sp³-hybridized carbons (Fsp3) is 0.159. The summed E-state index contributed by atoms with van der Waals surface area (Å²) in [4.78, 5) is 31.5. The number of esters is 1. The number of nitrogens with zero attached hydrogens (tertiary/aromatic N) is 3. The van der Waals surface area contributed by atoms with E-state index in [2.05, 4.69) is 78.7 Å². The first-order chi connectivity index (χ1) is 25.7. The van der Waals surface area contributed by atoms with Crippen molar-refractivity contribution in [2.75, 3.05) is 11.5 Å². The number of carbonyl (C=O) groups excluding carboxylic acids is 1. The van der Waals surface area contributed by atoms with Crippen LogP contribution in [-0.4, -0.2) is 22.2 Å². The van der Waals surface area contributed by atoms with Gasteiger partial charge in [0, 0.05) is 59.1 Å². The number of hydrogen-bond donors (Lipinski definition) is 1. The Balaban J connectivity index is 1.18. The summed E-state index contributed by atoms with van der Waals surface area (Å²) in [5, 5.41) is 21.1. The average molecular weight is 738 g/mol. The molecule has 3 aromatic carbocycles. The van der Waals surface area contributed by atoms with Crippen molar-refractivity contribution < 1.29 is 14.6 Å². The lowest BCUT2D eigenvalue weighted by Gasteiger charge is -2.25. The van der Waals surface area contributed by atoms with Crippen LogP contribution in [0.4, 0.5) is 17.1 Å². The Hall–Kier alpha value is -5.95. The van der Waals surface area contributed by atoms with Gasteiger partial charge < -0.3 is 14.7 Å². The summed E-state index contributed by atoms with van der Waals surface area (Å²) in [5.74, 6) is -0.772. The van der Waals surface area contributed by atoms with Crippen LogP contribution in [0.3, 0.4) is 0 Å². The molecule has 0 amide bonds. The maximum atomic E-state index is 13.6. The van der Waals surface area contributed by atoms with Crippen molar-refractivity contribution in [2.45, 2.75) is 39.2 Å². The van der Waals surface area contributed by atoms with E-state index in [1.54, 1.807) is 35.7 Å². The number of hydrogen-bond acceptors (Lipinski definition) is 8. The highest BCUT2D eigenvalue weighted by molar-refractivity contribution is 7.24. The van der Waals surface area contributed by atoms with Gasteiger partial charge in [-0.3, -0.25) is 9.36 Å². The van der Waals surface area contributed by atoms with E-state index in [0.29, 0.717) is 25.0 Å². The van der Waals surface area contributed by atoms with Crippen molar-refractivity contribution in [1.29, 1.82) is 5.26 Å². The van der Waals surface area contributed by atoms with Gasteiger partial charge in [0.1, 0.15) is 11.6 Å². The molecule has 1 N–H and O–H groups in total. The SMILES string of the molecule is C=C(C)C(=O)OCCCCCCn1c(O)c(C#N)c(=C)/c(=C/c2ccc(-c3ccc(-c4ccc(N(c5ccccc5)c5ccccc5)cc4)s3)s2)c1=O. The third-order valence-corrected chi connectivity index (χ3v) is 11.1. The summed E-state index contributed by atoms with van der Waals surface area (Å²) < 4.78 is 6.38. The zero-order chi connectivity index (χ0) is 37.3. The third kappa shape index (κ3) is 8.58. The van der Waals surface area contributed by atoms with E-state index in [1.165, 1.54) is 4.57 Å². The molecule has 6 rings (SSSR count). The van der Waals surface area contributed by atoms with Crippen LogP contribution in [0.5, 0.6) is 5.88 Å². The minimum absolute atomic E-state index is 0.0103. The lowest BCUT2D eigenvalue weighted by molar-refractivity contribution is -0.139. The Morgan fingerprint density at radius 2 is 1.42 bits per heavy atom. The second kappa shape index (κ2) is 17.0. The largest absolute Gasteiger partial charge is 0.493 e. The predicted molar refractivity (Wildman–Crippen MR) is 217 cm³/mol. The highest BCUT2D eigenvalue weighted by Crippen LogP contribution is 2.40. The van der Waals surface area contributed by atoms with E-state index in [0.717, 1.165) is 55.0 Å². The molecular formula is C44H39N3O4S2. The first kappa shape index (κ1) is 36.8. The molecule has 6 aromatic rings. The minimum Gasteiger partial charge on any atom is -0.493 e. The summed E-state index contributed by atoms with van der Waals surface area (Å²) in [6.07, 6.45) is 4.58. The topological polar surface area (TPSA) is 95.6 Å². The number of ether oxygens (including phenoxy) is 1. The molecule has 0 aliphatic rings. The first-order valence-electron chi connectivity index (χ1n) is 17.3. The Labute approximate surface area is 316 Å². The summed E-state index contributed by atoms with van der Waals surface area (Å²) in [6, 6.07) is 39.5. The van der Waals surface area contributed by atoms with Gasteiger partial charge in [-0.1, -0.05) is 68.1 Å². The highest BCUT2D eigenvalue weighted by atomic mass is 32.1. The quantitative estimate of drug-likeness (QED) is 0.0681. The third-order valence-electron chi connectivity index (χ3n) is 8.75. The Kier molecular flexibility index (Phi) is 11.8. The summed E-state index contributed by atoms with van der Waals surface area (Å²) in [7, 11) is 0. The Morgan fingerprint density at radius 1 is 0.830 bits per heavy atom. The number of benzene rings is 3. The second-order valence-electron chi connectivity index (χ2n) is 12.6. The van der Waals surface area contributed by atoms with E-state index in [4.69, 9.17) is 4.74 Å². The predicted octanol–water partition coefficient (Wildman–Crippen LogP) is 9.27. The summed E-state index contributed by atoms with van der Waals surface area (Å²) in [6.45, 7) is 9.72. The highest BCUT2D eigenvalue weighted by Gasteiger charge is 2.15. The fourth-order valence-electron chi connectivity index (χ4n) is 5.97. The van der Waals surface area contributed by atoms with E-state index in [1.807, 2.05) is 54.6 Å². The molecule has 0 radical (unpaired) electrons. The summed E-state index contributed by atoms with van der Waals surface area (Å²) >= 11 is 3.25. The van der Waals surface area contributed by atoms with Crippen LogP contribution < -0.4 is 20.9 Å². The molecule has 0 aliphatic carbocycles. The molecule has 3 aromatic heterocycles. The van der Waals surface area contributed by atoms with Crippen molar-refractivity contribution in [3.05, 3.63) is 153 Å². The van der Waals surface area contributed by atoms with Gasteiger partial charge in [-0.2, -0.15) is 5.26 Å². The van der Waals surface area contributed by atoms with Crippen LogP contribution in [0.2, 0.25) is 0 Å². The monoisotopic (exact) mass is 737 g/mol. The lowest BCUT2D eigenvalue weighted by Crippen LogP contribution is -2.46. The number of aromatic hydroxyl groups is 1. The van der Waals surface area contributed by atoms with Crippen LogP contribution in [0.15, 0.2) is 126 Å². The number of rotatable bonds is 14.